The predicted octanol–water partition coefficient (Wildman–Crippen LogP) is 4.00. The van der Waals surface area contributed by atoms with Crippen molar-refractivity contribution in [3.63, 3.8) is 0 Å². The molecule has 1 aliphatic carbocycles. The Balaban J connectivity index is 1.47. The third-order valence-electron chi connectivity index (χ3n) is 5.42. The third kappa shape index (κ3) is 3.20. The lowest BCUT2D eigenvalue weighted by Crippen LogP contribution is -2.16. The average molecular weight is 423 g/mol. The molecule has 0 saturated heterocycles. The number of pyridine rings is 2. The van der Waals surface area contributed by atoms with Gasteiger partial charge in [-0.05, 0) is 31.0 Å². The molecule has 32 heavy (non-hydrogen) atoms. The van der Waals surface area contributed by atoms with Gasteiger partial charge in [-0.25, -0.2) is 19.6 Å². The largest absolute Gasteiger partial charge is 0.335 e. The van der Waals surface area contributed by atoms with Crippen LogP contribution in [0.1, 0.15) is 34.8 Å². The van der Waals surface area contributed by atoms with E-state index < -0.39 is 0 Å². The zero-order valence-electron chi connectivity index (χ0n) is 16.8. The van der Waals surface area contributed by atoms with Crippen molar-refractivity contribution in [3.8, 4) is 17.1 Å². The molecule has 0 atom stereocenters. The molecule has 1 N–H and O–H groups in total. The molecular weight excluding hydrogens is 406 g/mol. The maximum atomic E-state index is 13.5. The van der Waals surface area contributed by atoms with Crippen LogP contribution in [0.5, 0.6) is 0 Å². The van der Waals surface area contributed by atoms with E-state index in [1.807, 2.05) is 36.4 Å². The molecule has 156 valence electrons. The van der Waals surface area contributed by atoms with Gasteiger partial charge in [0.25, 0.3) is 11.6 Å². The van der Waals surface area contributed by atoms with Gasteiger partial charge < -0.3 is 9.84 Å². The van der Waals surface area contributed by atoms with E-state index in [1.54, 1.807) is 18.3 Å². The number of hydrogen-bond acceptors (Lipinski definition) is 7. The van der Waals surface area contributed by atoms with Gasteiger partial charge in [-0.2, -0.15) is 5.10 Å². The van der Waals surface area contributed by atoms with Crippen LogP contribution in [0.4, 0.5) is 5.69 Å². The monoisotopic (exact) mass is 423 g/mol. The summed E-state index contributed by atoms with van der Waals surface area (Å²) in [4.78, 5) is 26.5. The van der Waals surface area contributed by atoms with Gasteiger partial charge in [-0.15, -0.1) is 0 Å². The summed E-state index contributed by atoms with van der Waals surface area (Å²) in [5, 5.41) is 11.9. The number of nitrogens with one attached hydrogen (secondary N) is 1. The van der Waals surface area contributed by atoms with Crippen molar-refractivity contribution in [1.82, 2.24) is 29.9 Å². The summed E-state index contributed by atoms with van der Waals surface area (Å²) in [6.45, 7) is 0. The minimum absolute atomic E-state index is 0.297. The highest BCUT2D eigenvalue weighted by molar-refractivity contribution is 6.15. The van der Waals surface area contributed by atoms with Crippen molar-refractivity contribution in [2.45, 2.75) is 18.8 Å². The lowest BCUT2D eigenvalue weighted by atomic mass is 10.0. The van der Waals surface area contributed by atoms with E-state index in [-0.39, 0.29) is 5.91 Å². The van der Waals surface area contributed by atoms with Crippen molar-refractivity contribution in [2.75, 3.05) is 5.32 Å². The molecule has 1 saturated carbocycles. The van der Waals surface area contributed by atoms with Crippen LogP contribution in [0, 0.1) is 0 Å². The van der Waals surface area contributed by atoms with Crippen LogP contribution < -0.4 is 5.32 Å². The van der Waals surface area contributed by atoms with Crippen LogP contribution >= 0.6 is 0 Å². The van der Waals surface area contributed by atoms with Crippen LogP contribution in [0.25, 0.3) is 28.2 Å². The van der Waals surface area contributed by atoms with Crippen LogP contribution in [0.15, 0.2) is 71.9 Å². The smallest absolute Gasteiger partial charge is 0.259 e. The number of amides is 1. The molecule has 1 amide bonds. The van der Waals surface area contributed by atoms with Crippen molar-refractivity contribution in [2.24, 2.45) is 0 Å². The maximum Gasteiger partial charge on any atom is 0.259 e. The fraction of sp³-hybridized carbons (Fsp3) is 0.130. The first-order valence-corrected chi connectivity index (χ1v) is 10.2. The molecule has 4 heterocycles. The standard InChI is InChI=1S/C23H17N7O2/c31-22(27-17-7-4-10-25-21(17)30-13-24-12-26-30)16-11-18(14-8-9-14)28-23-19(16)20(29-32-23)15-5-2-1-3-6-15/h1-7,10-14H,8-9H2,(H,27,31). The molecule has 0 radical (unpaired) electrons. The Morgan fingerprint density at radius 2 is 2.00 bits per heavy atom. The van der Waals surface area contributed by atoms with Gasteiger partial charge in [-0.1, -0.05) is 35.5 Å². The van der Waals surface area contributed by atoms with E-state index in [0.29, 0.717) is 39.8 Å². The van der Waals surface area contributed by atoms with Gasteiger partial charge in [0.2, 0.25) is 0 Å². The lowest BCUT2D eigenvalue weighted by molar-refractivity contribution is 0.102. The van der Waals surface area contributed by atoms with Gasteiger partial charge >= 0.3 is 0 Å². The number of anilines is 1. The molecule has 1 aliphatic rings. The van der Waals surface area contributed by atoms with Crippen LogP contribution in [0.3, 0.4) is 0 Å². The Kier molecular flexibility index (Phi) is 4.24. The summed E-state index contributed by atoms with van der Waals surface area (Å²) in [5.41, 5.74) is 3.63. The maximum absolute atomic E-state index is 13.5. The number of benzene rings is 1. The highest BCUT2D eigenvalue weighted by Gasteiger charge is 2.29. The average Bonchev–Trinajstić information content (AvgIpc) is 3.37. The molecule has 0 aliphatic heterocycles. The van der Waals surface area contributed by atoms with Gasteiger partial charge in [0.15, 0.2) is 5.82 Å². The van der Waals surface area contributed by atoms with Gasteiger partial charge in [-0.3, -0.25) is 4.79 Å². The molecule has 9 nitrogen and oxygen atoms in total. The van der Waals surface area contributed by atoms with Crippen molar-refractivity contribution in [1.29, 1.82) is 0 Å². The normalized spacial score (nSPS) is 13.4. The quantitative estimate of drug-likeness (QED) is 0.455. The zero-order valence-corrected chi connectivity index (χ0v) is 16.8. The minimum atomic E-state index is -0.297. The van der Waals surface area contributed by atoms with Crippen LogP contribution in [-0.2, 0) is 0 Å². The summed E-state index contributed by atoms with van der Waals surface area (Å²) >= 11 is 0. The number of hydrogen-bond donors (Lipinski definition) is 1. The molecule has 5 aromatic rings. The van der Waals surface area contributed by atoms with Crippen molar-refractivity contribution >= 4 is 22.7 Å². The van der Waals surface area contributed by atoms with E-state index in [4.69, 9.17) is 4.52 Å². The Morgan fingerprint density at radius 3 is 2.78 bits per heavy atom. The topological polar surface area (TPSA) is 112 Å². The van der Waals surface area contributed by atoms with E-state index in [9.17, 15) is 4.79 Å². The first-order valence-electron chi connectivity index (χ1n) is 10.2. The second kappa shape index (κ2) is 7.38. The molecule has 4 aromatic heterocycles. The first-order chi connectivity index (χ1) is 15.8. The van der Waals surface area contributed by atoms with Crippen LogP contribution in [0.2, 0.25) is 0 Å². The molecule has 0 spiro atoms. The number of nitrogens with zero attached hydrogens (tertiary/aromatic N) is 6. The Morgan fingerprint density at radius 1 is 1.12 bits per heavy atom. The molecular formula is C23H17N7O2. The van der Waals surface area contributed by atoms with Crippen LogP contribution in [-0.4, -0.2) is 35.8 Å². The second-order valence-corrected chi connectivity index (χ2v) is 7.62. The highest BCUT2D eigenvalue weighted by atomic mass is 16.5. The van der Waals surface area contributed by atoms with Gasteiger partial charge in [0.1, 0.15) is 18.3 Å². The predicted molar refractivity (Wildman–Crippen MR) is 116 cm³/mol. The zero-order chi connectivity index (χ0) is 21.5. The van der Waals surface area contributed by atoms with Gasteiger partial charge in [0, 0.05) is 23.4 Å². The third-order valence-corrected chi connectivity index (χ3v) is 5.42. The Bertz CT molecular complexity index is 1420. The number of aromatic nitrogens is 6. The number of rotatable bonds is 5. The molecule has 0 unspecified atom stereocenters. The first kappa shape index (κ1) is 18.4. The van der Waals surface area contributed by atoms with E-state index in [2.05, 4.69) is 30.5 Å². The summed E-state index contributed by atoms with van der Waals surface area (Å²) in [7, 11) is 0. The van der Waals surface area contributed by atoms with E-state index in [1.165, 1.54) is 17.3 Å². The molecule has 1 fully saturated rings. The van der Waals surface area contributed by atoms with E-state index in [0.717, 1.165) is 24.1 Å². The fourth-order valence-electron chi connectivity index (χ4n) is 3.71. The number of fused-ring (bicyclic) bond motifs is 1. The summed E-state index contributed by atoms with van der Waals surface area (Å²) in [6.07, 6.45) is 6.69. The summed E-state index contributed by atoms with van der Waals surface area (Å²) in [5.74, 6) is 0.522. The molecule has 9 heteroatoms. The minimum Gasteiger partial charge on any atom is -0.335 e. The molecule has 6 rings (SSSR count). The number of carbonyl (C=O) groups is 1. The highest BCUT2D eigenvalue weighted by Crippen LogP contribution is 2.41. The number of carbonyl (C=O) groups excluding carboxylic acids is 1. The second-order valence-electron chi connectivity index (χ2n) is 7.62. The lowest BCUT2D eigenvalue weighted by Gasteiger charge is -2.11. The fourth-order valence-corrected chi connectivity index (χ4v) is 3.71. The SMILES string of the molecule is O=C(Nc1cccnc1-n1cncn1)c1cc(C2CC2)nc2onc(-c3ccccc3)c12. The molecule has 1 aromatic carbocycles. The van der Waals surface area contributed by atoms with Gasteiger partial charge in [0.05, 0.1) is 16.6 Å². The summed E-state index contributed by atoms with van der Waals surface area (Å²) in [6, 6.07) is 15.0. The Hall–Kier alpha value is -4.40. The Labute approximate surface area is 182 Å². The molecule has 0 bridgehead atoms. The van der Waals surface area contributed by atoms with E-state index >= 15 is 0 Å². The van der Waals surface area contributed by atoms with Crippen molar-refractivity contribution in [3.05, 3.63) is 78.6 Å². The van der Waals surface area contributed by atoms with Crippen molar-refractivity contribution < 1.29 is 9.32 Å². The summed E-state index contributed by atoms with van der Waals surface area (Å²) < 4.78 is 7.07.